The van der Waals surface area contributed by atoms with E-state index in [0.29, 0.717) is 0 Å². The van der Waals surface area contributed by atoms with E-state index in [1.807, 2.05) is 6.07 Å². The van der Waals surface area contributed by atoms with Gasteiger partial charge in [-0.3, -0.25) is 0 Å². The Morgan fingerprint density at radius 1 is 0.818 bits per heavy atom. The predicted octanol–water partition coefficient (Wildman–Crippen LogP) is 5.94. The van der Waals surface area contributed by atoms with Crippen LogP contribution in [0.1, 0.15) is 4.88 Å². The van der Waals surface area contributed by atoms with Crippen LogP contribution in [0.3, 0.4) is 0 Å². The van der Waals surface area contributed by atoms with Gasteiger partial charge in [0.25, 0.3) is 0 Å². The summed E-state index contributed by atoms with van der Waals surface area (Å²) >= 11 is 1.79. The van der Waals surface area contributed by atoms with Gasteiger partial charge in [-0.15, -0.1) is 11.3 Å². The van der Waals surface area contributed by atoms with Gasteiger partial charge in [0, 0.05) is 10.3 Å². The molecule has 0 atom stereocenters. The molecule has 2 heterocycles. The van der Waals surface area contributed by atoms with E-state index in [1.54, 1.807) is 11.3 Å². The van der Waals surface area contributed by atoms with E-state index in [0.717, 1.165) is 11.2 Å². The Kier molecular flexibility index (Phi) is 3.24. The van der Waals surface area contributed by atoms with Crippen molar-refractivity contribution in [3.05, 3.63) is 77.7 Å². The second-order valence-corrected chi connectivity index (χ2v) is 6.64. The van der Waals surface area contributed by atoms with E-state index in [9.17, 15) is 0 Å². The van der Waals surface area contributed by atoms with Crippen molar-refractivity contribution in [3.8, 4) is 21.7 Å². The summed E-state index contributed by atoms with van der Waals surface area (Å²) in [6.45, 7) is 2.13. The number of para-hydroxylation sites is 1. The Labute approximate surface area is 133 Å². The summed E-state index contributed by atoms with van der Waals surface area (Å²) in [5, 5.41) is 1.20. The van der Waals surface area contributed by atoms with Gasteiger partial charge in [-0.2, -0.15) is 0 Å². The maximum atomic E-state index is 4.86. The Morgan fingerprint density at radius 2 is 1.59 bits per heavy atom. The molecule has 0 N–H and O–H groups in total. The van der Waals surface area contributed by atoms with Gasteiger partial charge in [0.05, 0.1) is 16.1 Å². The number of pyridine rings is 1. The molecule has 0 saturated heterocycles. The molecule has 0 unspecified atom stereocenters. The second kappa shape index (κ2) is 5.39. The average molecular weight is 301 g/mol. The first kappa shape index (κ1) is 13.2. The lowest BCUT2D eigenvalue weighted by Crippen LogP contribution is -1.88. The highest BCUT2D eigenvalue weighted by Gasteiger charge is 2.10. The maximum absolute atomic E-state index is 4.86. The fourth-order valence-electron chi connectivity index (χ4n) is 2.73. The molecule has 0 bridgehead atoms. The minimum atomic E-state index is 1.05. The number of aromatic nitrogens is 1. The summed E-state index contributed by atoms with van der Waals surface area (Å²) in [7, 11) is 0. The highest BCUT2D eigenvalue weighted by molar-refractivity contribution is 7.15. The first-order valence-corrected chi connectivity index (χ1v) is 8.15. The molecule has 0 fully saturated rings. The van der Waals surface area contributed by atoms with Gasteiger partial charge in [0.1, 0.15) is 0 Å². The van der Waals surface area contributed by atoms with Crippen molar-refractivity contribution in [3.63, 3.8) is 0 Å². The van der Waals surface area contributed by atoms with E-state index in [-0.39, 0.29) is 0 Å². The molecule has 0 radical (unpaired) electrons. The minimum absolute atomic E-state index is 1.05. The van der Waals surface area contributed by atoms with Gasteiger partial charge < -0.3 is 0 Å². The lowest BCUT2D eigenvalue weighted by Gasteiger charge is -2.09. The summed E-state index contributed by atoms with van der Waals surface area (Å²) in [6, 6.07) is 25.4. The maximum Gasteiger partial charge on any atom is 0.0815 e. The van der Waals surface area contributed by atoms with E-state index in [1.165, 1.54) is 26.3 Å². The van der Waals surface area contributed by atoms with Crippen molar-refractivity contribution in [1.29, 1.82) is 0 Å². The van der Waals surface area contributed by atoms with Gasteiger partial charge in [0.15, 0.2) is 0 Å². The fourth-order valence-corrected chi connectivity index (χ4v) is 3.56. The van der Waals surface area contributed by atoms with Crippen molar-refractivity contribution in [2.24, 2.45) is 0 Å². The third-order valence-corrected chi connectivity index (χ3v) is 4.82. The Hall–Kier alpha value is -2.45. The molecule has 0 spiro atoms. The van der Waals surface area contributed by atoms with Gasteiger partial charge in [-0.1, -0.05) is 48.5 Å². The van der Waals surface area contributed by atoms with Gasteiger partial charge in [-0.05, 0) is 42.3 Å². The molecule has 2 aromatic carbocycles. The topological polar surface area (TPSA) is 12.9 Å². The number of hydrogen-bond acceptors (Lipinski definition) is 2. The smallest absolute Gasteiger partial charge is 0.0815 e. The van der Waals surface area contributed by atoms with E-state index < -0.39 is 0 Å². The predicted molar refractivity (Wildman–Crippen MR) is 95.2 cm³/mol. The molecule has 1 nitrogen and oxygen atoms in total. The monoisotopic (exact) mass is 301 g/mol. The molecule has 0 aliphatic rings. The fraction of sp³-hybridized carbons (Fsp3) is 0.0500. The Morgan fingerprint density at radius 3 is 2.36 bits per heavy atom. The molecule has 0 amide bonds. The van der Waals surface area contributed by atoms with Crippen LogP contribution in [0.25, 0.3) is 32.6 Å². The molecule has 22 heavy (non-hydrogen) atoms. The van der Waals surface area contributed by atoms with Gasteiger partial charge in [0.2, 0.25) is 0 Å². The zero-order valence-electron chi connectivity index (χ0n) is 12.3. The number of benzene rings is 2. The van der Waals surface area contributed by atoms with Crippen molar-refractivity contribution in [2.75, 3.05) is 0 Å². The summed E-state index contributed by atoms with van der Waals surface area (Å²) in [4.78, 5) is 7.39. The molecular formula is C20H15NS. The van der Waals surface area contributed by atoms with Crippen LogP contribution in [0.4, 0.5) is 0 Å². The quantitative estimate of drug-likeness (QED) is 0.446. The standard InChI is InChI=1S/C20H15NS/c1-14-11-12-20(22-14)19-13-17(15-7-3-2-4-8-15)16-9-5-6-10-18(16)21-19/h2-13H,1H3. The highest BCUT2D eigenvalue weighted by atomic mass is 32.1. The van der Waals surface area contributed by atoms with Gasteiger partial charge >= 0.3 is 0 Å². The van der Waals surface area contributed by atoms with E-state index in [4.69, 9.17) is 4.98 Å². The molecule has 0 aliphatic carbocycles. The summed E-state index contributed by atoms with van der Waals surface area (Å²) in [6.07, 6.45) is 0. The Bertz CT molecular complexity index is 938. The third-order valence-electron chi connectivity index (χ3n) is 3.79. The van der Waals surface area contributed by atoms with Crippen molar-refractivity contribution in [1.82, 2.24) is 4.98 Å². The molecular weight excluding hydrogens is 286 g/mol. The number of hydrogen-bond donors (Lipinski definition) is 0. The molecule has 0 aliphatic heterocycles. The molecule has 0 saturated carbocycles. The van der Waals surface area contributed by atoms with Gasteiger partial charge in [-0.25, -0.2) is 4.98 Å². The van der Waals surface area contributed by atoms with Crippen LogP contribution in [-0.4, -0.2) is 4.98 Å². The van der Waals surface area contributed by atoms with Crippen LogP contribution in [-0.2, 0) is 0 Å². The van der Waals surface area contributed by atoms with Crippen LogP contribution in [0.2, 0.25) is 0 Å². The first-order chi connectivity index (χ1) is 10.8. The van der Waals surface area contributed by atoms with Crippen LogP contribution < -0.4 is 0 Å². The van der Waals surface area contributed by atoms with E-state index >= 15 is 0 Å². The molecule has 4 rings (SSSR count). The number of rotatable bonds is 2. The second-order valence-electron chi connectivity index (χ2n) is 5.35. The lowest BCUT2D eigenvalue weighted by molar-refractivity contribution is 1.42. The molecule has 106 valence electrons. The average Bonchev–Trinajstić information content (AvgIpc) is 3.01. The Balaban J connectivity index is 2.01. The van der Waals surface area contributed by atoms with Crippen molar-refractivity contribution < 1.29 is 0 Å². The van der Waals surface area contributed by atoms with Crippen molar-refractivity contribution in [2.45, 2.75) is 6.92 Å². The van der Waals surface area contributed by atoms with Crippen LogP contribution in [0.5, 0.6) is 0 Å². The third kappa shape index (κ3) is 2.32. The van der Waals surface area contributed by atoms with Crippen LogP contribution in [0.15, 0.2) is 72.8 Å². The number of nitrogens with zero attached hydrogens (tertiary/aromatic N) is 1. The van der Waals surface area contributed by atoms with Crippen LogP contribution in [0, 0.1) is 6.92 Å². The van der Waals surface area contributed by atoms with E-state index in [2.05, 4.69) is 73.7 Å². The number of aryl methyl sites for hydroxylation is 1. The summed E-state index contributed by atoms with van der Waals surface area (Å²) in [5.41, 5.74) is 4.57. The van der Waals surface area contributed by atoms with Crippen LogP contribution >= 0.6 is 11.3 Å². The molecule has 2 heteroatoms. The number of fused-ring (bicyclic) bond motifs is 1. The SMILES string of the molecule is Cc1ccc(-c2cc(-c3ccccc3)c3ccccc3n2)s1. The molecule has 4 aromatic rings. The largest absolute Gasteiger partial charge is 0.247 e. The minimum Gasteiger partial charge on any atom is -0.247 e. The zero-order chi connectivity index (χ0) is 14.9. The molecule has 2 aromatic heterocycles. The highest BCUT2D eigenvalue weighted by Crippen LogP contribution is 2.34. The van der Waals surface area contributed by atoms with Crippen molar-refractivity contribution >= 4 is 22.2 Å². The zero-order valence-corrected chi connectivity index (χ0v) is 13.1. The normalized spacial score (nSPS) is 11.0. The summed E-state index contributed by atoms with van der Waals surface area (Å²) in [5.74, 6) is 0. The number of thiophene rings is 1. The summed E-state index contributed by atoms with van der Waals surface area (Å²) < 4.78 is 0. The lowest BCUT2D eigenvalue weighted by atomic mass is 10.00. The first-order valence-electron chi connectivity index (χ1n) is 7.33.